The highest BCUT2D eigenvalue weighted by Crippen LogP contribution is 2.39. The van der Waals surface area contributed by atoms with Gasteiger partial charge < -0.3 is 4.90 Å². The Bertz CT molecular complexity index is 285. The molecular weight excluding hydrogens is 200 g/mol. The van der Waals surface area contributed by atoms with Crippen LogP contribution in [0, 0.1) is 16.7 Å². The van der Waals surface area contributed by atoms with Crippen molar-refractivity contribution in [1.82, 2.24) is 4.90 Å². The van der Waals surface area contributed by atoms with E-state index in [0.717, 1.165) is 38.6 Å². The quantitative estimate of drug-likeness (QED) is 0.734. The van der Waals surface area contributed by atoms with Crippen LogP contribution in [0.1, 0.15) is 52.9 Å². The molecule has 0 aliphatic heterocycles. The molecule has 1 saturated carbocycles. The van der Waals surface area contributed by atoms with Gasteiger partial charge in [0, 0.05) is 12.6 Å². The smallest absolute Gasteiger partial charge is 0.243 e. The maximum absolute atomic E-state index is 12.4. The fourth-order valence-corrected chi connectivity index (χ4v) is 2.46. The van der Waals surface area contributed by atoms with E-state index >= 15 is 0 Å². The molecule has 0 aromatic carbocycles. The minimum absolute atomic E-state index is 0.0596. The second-order valence-electron chi connectivity index (χ2n) is 4.99. The Morgan fingerprint density at radius 2 is 2.00 bits per heavy atom. The maximum atomic E-state index is 12.4. The first-order valence-electron chi connectivity index (χ1n) is 6.29. The lowest BCUT2D eigenvalue weighted by atomic mass is 9.86. The van der Waals surface area contributed by atoms with Crippen LogP contribution >= 0.6 is 0 Å². The number of carbonyl (C=O) groups excluding carboxylic acids is 1. The molecule has 0 spiro atoms. The molecule has 0 aromatic rings. The van der Waals surface area contributed by atoms with Crippen LogP contribution in [0.4, 0.5) is 0 Å². The molecule has 0 heterocycles. The Kier molecular flexibility index (Phi) is 4.35. The first kappa shape index (κ1) is 13.0. The fourth-order valence-electron chi connectivity index (χ4n) is 2.46. The Morgan fingerprint density at radius 3 is 2.38 bits per heavy atom. The van der Waals surface area contributed by atoms with Crippen molar-refractivity contribution in [2.45, 2.75) is 58.9 Å². The first-order chi connectivity index (χ1) is 7.57. The molecule has 3 heteroatoms. The molecule has 1 aliphatic carbocycles. The average Bonchev–Trinajstić information content (AvgIpc) is 2.74. The summed E-state index contributed by atoms with van der Waals surface area (Å²) < 4.78 is 0. The van der Waals surface area contributed by atoms with Gasteiger partial charge in [0.15, 0.2) is 0 Å². The van der Waals surface area contributed by atoms with Crippen molar-refractivity contribution in [2.24, 2.45) is 5.41 Å². The second kappa shape index (κ2) is 5.34. The van der Waals surface area contributed by atoms with E-state index in [9.17, 15) is 10.1 Å². The van der Waals surface area contributed by atoms with Gasteiger partial charge in [-0.05, 0) is 33.1 Å². The van der Waals surface area contributed by atoms with Crippen molar-refractivity contribution < 1.29 is 4.79 Å². The van der Waals surface area contributed by atoms with Gasteiger partial charge in [0.05, 0.1) is 6.07 Å². The van der Waals surface area contributed by atoms with Crippen LogP contribution in [0.15, 0.2) is 0 Å². The largest absolute Gasteiger partial charge is 0.339 e. The third kappa shape index (κ3) is 2.37. The van der Waals surface area contributed by atoms with Gasteiger partial charge in [-0.15, -0.1) is 0 Å². The molecule has 1 amide bonds. The van der Waals surface area contributed by atoms with Crippen molar-refractivity contribution in [2.75, 3.05) is 6.54 Å². The van der Waals surface area contributed by atoms with E-state index in [1.54, 1.807) is 0 Å². The Morgan fingerprint density at radius 1 is 1.44 bits per heavy atom. The van der Waals surface area contributed by atoms with E-state index in [4.69, 9.17) is 0 Å². The molecule has 0 radical (unpaired) electrons. The van der Waals surface area contributed by atoms with Crippen molar-refractivity contribution in [3.8, 4) is 6.07 Å². The topological polar surface area (TPSA) is 44.1 Å². The molecule has 0 aromatic heterocycles. The third-order valence-electron chi connectivity index (χ3n) is 3.43. The van der Waals surface area contributed by atoms with E-state index in [0.29, 0.717) is 0 Å². The summed E-state index contributed by atoms with van der Waals surface area (Å²) >= 11 is 0. The molecule has 0 atom stereocenters. The summed E-state index contributed by atoms with van der Waals surface area (Å²) in [5.41, 5.74) is -0.709. The molecule has 1 fully saturated rings. The van der Waals surface area contributed by atoms with Gasteiger partial charge in [-0.25, -0.2) is 0 Å². The van der Waals surface area contributed by atoms with Crippen molar-refractivity contribution in [1.29, 1.82) is 5.26 Å². The average molecular weight is 222 g/mol. The van der Waals surface area contributed by atoms with Crippen molar-refractivity contribution in [3.63, 3.8) is 0 Å². The third-order valence-corrected chi connectivity index (χ3v) is 3.43. The predicted octanol–water partition coefficient (Wildman–Crippen LogP) is 2.72. The zero-order chi connectivity index (χ0) is 12.2. The summed E-state index contributed by atoms with van der Waals surface area (Å²) in [5, 5.41) is 9.29. The SMILES string of the molecule is CCCN(C(=O)C1(C#N)CCCC1)C(C)C. The molecule has 16 heavy (non-hydrogen) atoms. The summed E-state index contributed by atoms with van der Waals surface area (Å²) in [6.45, 7) is 6.87. The van der Waals surface area contributed by atoms with Gasteiger partial charge in [-0.3, -0.25) is 4.79 Å². The molecule has 0 N–H and O–H groups in total. The molecule has 3 nitrogen and oxygen atoms in total. The van der Waals surface area contributed by atoms with E-state index in [1.807, 2.05) is 18.7 Å². The molecule has 1 rings (SSSR count). The number of amides is 1. The highest BCUT2D eigenvalue weighted by Gasteiger charge is 2.44. The van der Waals surface area contributed by atoms with Crippen LogP contribution in [0.2, 0.25) is 0 Å². The number of nitrogens with zero attached hydrogens (tertiary/aromatic N) is 2. The summed E-state index contributed by atoms with van der Waals surface area (Å²) in [5.74, 6) is 0.0596. The summed E-state index contributed by atoms with van der Waals surface area (Å²) in [4.78, 5) is 14.3. The van der Waals surface area contributed by atoms with Gasteiger partial charge in [0.2, 0.25) is 5.91 Å². The van der Waals surface area contributed by atoms with E-state index in [-0.39, 0.29) is 11.9 Å². The van der Waals surface area contributed by atoms with Crippen LogP contribution in [0.25, 0.3) is 0 Å². The maximum Gasteiger partial charge on any atom is 0.243 e. The van der Waals surface area contributed by atoms with Crippen molar-refractivity contribution >= 4 is 5.91 Å². The van der Waals surface area contributed by atoms with Crippen LogP contribution < -0.4 is 0 Å². The summed E-state index contributed by atoms with van der Waals surface area (Å²) in [6.07, 6.45) is 4.46. The molecular formula is C13H22N2O. The highest BCUT2D eigenvalue weighted by molar-refractivity contribution is 5.86. The molecule has 0 bridgehead atoms. The van der Waals surface area contributed by atoms with Gasteiger partial charge in [0.25, 0.3) is 0 Å². The lowest BCUT2D eigenvalue weighted by molar-refractivity contribution is -0.140. The number of rotatable bonds is 4. The first-order valence-corrected chi connectivity index (χ1v) is 6.29. The van der Waals surface area contributed by atoms with Crippen LogP contribution in [-0.4, -0.2) is 23.4 Å². The number of hydrogen-bond acceptors (Lipinski definition) is 2. The van der Waals surface area contributed by atoms with E-state index in [1.165, 1.54) is 0 Å². The fraction of sp³-hybridized carbons (Fsp3) is 0.846. The Hall–Kier alpha value is -1.04. The van der Waals surface area contributed by atoms with Crippen molar-refractivity contribution in [3.05, 3.63) is 0 Å². The predicted molar refractivity (Wildman–Crippen MR) is 63.7 cm³/mol. The highest BCUT2D eigenvalue weighted by atomic mass is 16.2. The van der Waals surface area contributed by atoms with E-state index < -0.39 is 5.41 Å². The molecule has 90 valence electrons. The normalized spacial score (nSPS) is 18.4. The van der Waals surface area contributed by atoms with Gasteiger partial charge in [-0.1, -0.05) is 19.8 Å². The minimum Gasteiger partial charge on any atom is -0.339 e. The molecule has 1 aliphatic rings. The van der Waals surface area contributed by atoms with Crippen LogP contribution in [0.5, 0.6) is 0 Å². The second-order valence-corrected chi connectivity index (χ2v) is 4.99. The monoisotopic (exact) mass is 222 g/mol. The summed E-state index contributed by atoms with van der Waals surface area (Å²) in [7, 11) is 0. The van der Waals surface area contributed by atoms with Crippen LogP contribution in [0.3, 0.4) is 0 Å². The molecule has 0 saturated heterocycles. The number of nitriles is 1. The van der Waals surface area contributed by atoms with Crippen LogP contribution in [-0.2, 0) is 4.79 Å². The number of hydrogen-bond donors (Lipinski definition) is 0. The van der Waals surface area contributed by atoms with Gasteiger partial charge in [0.1, 0.15) is 5.41 Å². The molecule has 0 unspecified atom stereocenters. The lowest BCUT2D eigenvalue weighted by Crippen LogP contribution is -2.45. The van der Waals surface area contributed by atoms with Gasteiger partial charge >= 0.3 is 0 Å². The summed E-state index contributed by atoms with van der Waals surface area (Å²) in [6, 6.07) is 2.47. The Labute approximate surface area is 98.4 Å². The zero-order valence-electron chi connectivity index (χ0n) is 10.6. The standard InChI is InChI=1S/C13H22N2O/c1-4-9-15(11(2)3)12(16)13(10-14)7-5-6-8-13/h11H,4-9H2,1-3H3. The zero-order valence-corrected chi connectivity index (χ0v) is 10.6. The number of carbonyl (C=O) groups is 1. The Balaban J connectivity index is 2.84. The van der Waals surface area contributed by atoms with E-state index in [2.05, 4.69) is 13.0 Å². The van der Waals surface area contributed by atoms with Gasteiger partial charge in [-0.2, -0.15) is 5.26 Å². The lowest BCUT2D eigenvalue weighted by Gasteiger charge is -2.32. The minimum atomic E-state index is -0.709.